The Morgan fingerprint density at radius 3 is 2.86 bits per heavy atom. The van der Waals surface area contributed by atoms with Gasteiger partial charge in [0, 0.05) is 24.5 Å². The summed E-state index contributed by atoms with van der Waals surface area (Å²) >= 11 is 0. The smallest absolute Gasteiger partial charge is 0.321 e. The molecule has 0 saturated carbocycles. The molecule has 3 rings (SSSR count). The molecule has 0 aliphatic carbocycles. The van der Waals surface area contributed by atoms with Crippen molar-refractivity contribution in [1.29, 1.82) is 0 Å². The van der Waals surface area contributed by atoms with Crippen LogP contribution >= 0.6 is 12.4 Å². The lowest BCUT2D eigenvalue weighted by molar-refractivity contribution is -0.117. The first-order valence-electron chi connectivity index (χ1n) is 6.94. The molecule has 0 unspecified atom stereocenters. The summed E-state index contributed by atoms with van der Waals surface area (Å²) in [4.78, 5) is 25.4. The van der Waals surface area contributed by atoms with Gasteiger partial charge in [0.15, 0.2) is 0 Å². The number of hydrogen-bond acceptors (Lipinski definition) is 3. The molecule has 114 valence electrons. The number of nitrogens with one attached hydrogen (secondary N) is 3. The molecule has 1 aromatic carbocycles. The largest absolute Gasteiger partial charge is 0.336 e. The Bertz CT molecular complexity index is 531. The van der Waals surface area contributed by atoms with Crippen LogP contribution in [0.15, 0.2) is 24.3 Å². The number of amides is 3. The monoisotopic (exact) mass is 310 g/mol. The van der Waals surface area contributed by atoms with Gasteiger partial charge in [0.1, 0.15) is 0 Å². The van der Waals surface area contributed by atoms with Gasteiger partial charge < -0.3 is 16.0 Å². The quantitative estimate of drug-likeness (QED) is 0.788. The Morgan fingerprint density at radius 1 is 1.33 bits per heavy atom. The first-order chi connectivity index (χ1) is 9.74. The van der Waals surface area contributed by atoms with Crippen LogP contribution in [0.5, 0.6) is 0 Å². The highest BCUT2D eigenvalue weighted by atomic mass is 35.5. The van der Waals surface area contributed by atoms with Gasteiger partial charge in [-0.25, -0.2) is 4.79 Å². The standard InChI is InChI=1S/C14H18N4O2.ClH/c19-13(12-5-2-6-15-12)17-10-3-1-4-11(9-10)18-8-7-16-14(18)20;/h1,3-4,9,12,15H,2,5-8H2,(H,16,20)(H,17,19);1H/t12-;/m0./s1. The Labute approximate surface area is 129 Å². The second-order valence-electron chi connectivity index (χ2n) is 5.07. The van der Waals surface area contributed by atoms with Crippen molar-refractivity contribution >= 4 is 35.7 Å². The topological polar surface area (TPSA) is 73.5 Å². The van der Waals surface area contributed by atoms with E-state index in [0.29, 0.717) is 13.1 Å². The molecule has 2 fully saturated rings. The molecule has 0 aromatic heterocycles. The van der Waals surface area contributed by atoms with Crippen molar-refractivity contribution in [2.45, 2.75) is 18.9 Å². The van der Waals surface area contributed by atoms with E-state index in [9.17, 15) is 9.59 Å². The minimum Gasteiger partial charge on any atom is -0.336 e. The van der Waals surface area contributed by atoms with Crippen molar-refractivity contribution in [1.82, 2.24) is 10.6 Å². The molecule has 2 saturated heterocycles. The summed E-state index contributed by atoms with van der Waals surface area (Å²) < 4.78 is 0. The minimum absolute atomic E-state index is 0. The molecule has 0 spiro atoms. The van der Waals surface area contributed by atoms with Gasteiger partial charge in [0.25, 0.3) is 0 Å². The molecular weight excluding hydrogens is 292 g/mol. The lowest BCUT2D eigenvalue weighted by Gasteiger charge is -2.16. The van der Waals surface area contributed by atoms with Gasteiger partial charge in [-0.05, 0) is 37.6 Å². The highest BCUT2D eigenvalue weighted by Crippen LogP contribution is 2.21. The number of urea groups is 1. The fourth-order valence-corrected chi connectivity index (χ4v) is 2.61. The van der Waals surface area contributed by atoms with E-state index in [2.05, 4.69) is 16.0 Å². The summed E-state index contributed by atoms with van der Waals surface area (Å²) in [6.07, 6.45) is 1.91. The molecule has 2 aliphatic heterocycles. The third-order valence-electron chi connectivity index (χ3n) is 3.66. The molecule has 7 heteroatoms. The molecule has 1 aromatic rings. The lowest BCUT2D eigenvalue weighted by atomic mass is 10.2. The van der Waals surface area contributed by atoms with E-state index in [-0.39, 0.29) is 30.4 Å². The van der Waals surface area contributed by atoms with E-state index < -0.39 is 0 Å². The van der Waals surface area contributed by atoms with Crippen LogP contribution in [0.3, 0.4) is 0 Å². The molecule has 3 amide bonds. The molecular formula is C14H19ClN4O2. The van der Waals surface area contributed by atoms with Crippen LogP contribution in [0.25, 0.3) is 0 Å². The summed E-state index contributed by atoms with van der Waals surface area (Å²) in [7, 11) is 0. The highest BCUT2D eigenvalue weighted by molar-refractivity contribution is 5.97. The Kier molecular flexibility index (Phi) is 5.03. The molecule has 2 heterocycles. The molecule has 0 radical (unpaired) electrons. The van der Waals surface area contributed by atoms with Crippen LogP contribution in [-0.2, 0) is 4.79 Å². The Hall–Kier alpha value is -1.79. The summed E-state index contributed by atoms with van der Waals surface area (Å²) in [5, 5.41) is 8.83. The van der Waals surface area contributed by atoms with E-state index in [4.69, 9.17) is 0 Å². The molecule has 6 nitrogen and oxygen atoms in total. The van der Waals surface area contributed by atoms with Gasteiger partial charge in [0.05, 0.1) is 6.04 Å². The van der Waals surface area contributed by atoms with Crippen molar-refractivity contribution in [2.24, 2.45) is 0 Å². The highest BCUT2D eigenvalue weighted by Gasteiger charge is 2.23. The predicted molar refractivity (Wildman–Crippen MR) is 84.1 cm³/mol. The number of halogens is 1. The van der Waals surface area contributed by atoms with E-state index in [1.165, 1.54) is 0 Å². The maximum atomic E-state index is 12.0. The van der Waals surface area contributed by atoms with Crippen LogP contribution in [0.1, 0.15) is 12.8 Å². The first-order valence-corrected chi connectivity index (χ1v) is 6.94. The summed E-state index contributed by atoms with van der Waals surface area (Å²) in [5.74, 6) is -0.00877. The van der Waals surface area contributed by atoms with Crippen LogP contribution in [0.2, 0.25) is 0 Å². The first kappa shape index (κ1) is 15.6. The van der Waals surface area contributed by atoms with Crippen molar-refractivity contribution in [2.75, 3.05) is 29.9 Å². The minimum atomic E-state index is -0.103. The average Bonchev–Trinajstić information content (AvgIpc) is 3.10. The molecule has 0 bridgehead atoms. The van der Waals surface area contributed by atoms with Crippen LogP contribution in [0.4, 0.5) is 16.2 Å². The van der Waals surface area contributed by atoms with Crippen LogP contribution < -0.4 is 20.9 Å². The van der Waals surface area contributed by atoms with Crippen LogP contribution in [-0.4, -0.2) is 37.6 Å². The van der Waals surface area contributed by atoms with Gasteiger partial charge in [0.2, 0.25) is 5.91 Å². The Balaban J connectivity index is 0.00000161. The van der Waals surface area contributed by atoms with Crippen LogP contribution in [0, 0.1) is 0 Å². The van der Waals surface area contributed by atoms with E-state index >= 15 is 0 Å². The van der Waals surface area contributed by atoms with Crippen molar-refractivity contribution in [3.63, 3.8) is 0 Å². The van der Waals surface area contributed by atoms with E-state index in [0.717, 1.165) is 30.8 Å². The van der Waals surface area contributed by atoms with E-state index in [1.807, 2.05) is 24.3 Å². The van der Waals surface area contributed by atoms with Gasteiger partial charge >= 0.3 is 6.03 Å². The number of anilines is 2. The zero-order valence-electron chi connectivity index (χ0n) is 11.6. The average molecular weight is 311 g/mol. The number of carbonyl (C=O) groups excluding carboxylic acids is 2. The maximum absolute atomic E-state index is 12.0. The molecule has 1 atom stereocenters. The SMILES string of the molecule is Cl.O=C(Nc1cccc(N2CCNC2=O)c1)[C@@H]1CCCN1. The zero-order chi connectivity index (χ0) is 13.9. The van der Waals surface area contributed by atoms with Gasteiger partial charge in [-0.2, -0.15) is 0 Å². The predicted octanol–water partition coefficient (Wildman–Crippen LogP) is 1.33. The number of nitrogens with zero attached hydrogens (tertiary/aromatic N) is 1. The zero-order valence-corrected chi connectivity index (χ0v) is 12.4. The Morgan fingerprint density at radius 2 is 2.19 bits per heavy atom. The molecule has 2 aliphatic rings. The van der Waals surface area contributed by atoms with Gasteiger partial charge in [-0.3, -0.25) is 9.69 Å². The second kappa shape index (κ2) is 6.78. The van der Waals surface area contributed by atoms with Crippen molar-refractivity contribution < 1.29 is 9.59 Å². The number of carbonyl (C=O) groups is 2. The second-order valence-corrected chi connectivity index (χ2v) is 5.07. The maximum Gasteiger partial charge on any atom is 0.321 e. The number of hydrogen-bond donors (Lipinski definition) is 3. The van der Waals surface area contributed by atoms with Gasteiger partial charge in [-0.1, -0.05) is 6.07 Å². The van der Waals surface area contributed by atoms with Crippen molar-refractivity contribution in [3.05, 3.63) is 24.3 Å². The van der Waals surface area contributed by atoms with E-state index in [1.54, 1.807) is 4.90 Å². The summed E-state index contributed by atoms with van der Waals surface area (Å²) in [5.41, 5.74) is 1.53. The fraction of sp³-hybridized carbons (Fsp3) is 0.429. The lowest BCUT2D eigenvalue weighted by Crippen LogP contribution is -2.35. The molecule has 21 heavy (non-hydrogen) atoms. The van der Waals surface area contributed by atoms with Crippen molar-refractivity contribution in [3.8, 4) is 0 Å². The fourth-order valence-electron chi connectivity index (χ4n) is 2.61. The third-order valence-corrected chi connectivity index (χ3v) is 3.66. The number of rotatable bonds is 3. The summed E-state index contributed by atoms with van der Waals surface area (Å²) in [6, 6.07) is 7.19. The molecule has 3 N–H and O–H groups in total. The normalized spacial score (nSPS) is 20.9. The van der Waals surface area contributed by atoms with Gasteiger partial charge in [-0.15, -0.1) is 12.4 Å². The number of benzene rings is 1. The third kappa shape index (κ3) is 3.46. The summed E-state index contributed by atoms with van der Waals surface area (Å²) in [6.45, 7) is 2.20.